The topological polar surface area (TPSA) is 117 Å². The molecular formula is C31H31FN6O4S2. The van der Waals surface area contributed by atoms with E-state index >= 15 is 0 Å². The van der Waals surface area contributed by atoms with Gasteiger partial charge in [-0.3, -0.25) is 14.2 Å². The smallest absolute Gasteiger partial charge is 0.251 e. The van der Waals surface area contributed by atoms with Gasteiger partial charge >= 0.3 is 0 Å². The number of carbonyl (C=O) groups excluding carboxylic acids is 2. The Morgan fingerprint density at radius 2 is 1.61 bits per heavy atom. The number of aromatic nitrogens is 3. The Kier molecular flexibility index (Phi) is 8.78. The minimum atomic E-state index is -3.60. The number of nitrogens with zero attached hydrogens (tertiary/aromatic N) is 5. The zero-order valence-corrected chi connectivity index (χ0v) is 25.5. The molecule has 4 aromatic rings. The molecule has 1 saturated heterocycles. The second kappa shape index (κ2) is 12.9. The Morgan fingerprint density at radius 3 is 2.36 bits per heavy atom. The number of anilines is 1. The molecule has 1 fully saturated rings. The molecule has 10 nitrogen and oxygen atoms in total. The van der Waals surface area contributed by atoms with Crippen molar-refractivity contribution in [2.24, 2.45) is 0 Å². The Hall–Kier alpha value is -4.07. The number of halogens is 1. The van der Waals surface area contributed by atoms with E-state index in [0.717, 1.165) is 36.9 Å². The maximum Gasteiger partial charge on any atom is 0.251 e. The fourth-order valence-electron chi connectivity index (χ4n) is 5.45. The van der Waals surface area contributed by atoms with Gasteiger partial charge in [0.2, 0.25) is 15.9 Å². The van der Waals surface area contributed by atoms with Crippen LogP contribution in [0.5, 0.6) is 0 Å². The summed E-state index contributed by atoms with van der Waals surface area (Å²) in [4.78, 5) is 28.1. The van der Waals surface area contributed by atoms with Crippen LogP contribution in [-0.4, -0.2) is 64.7 Å². The van der Waals surface area contributed by atoms with E-state index in [1.165, 1.54) is 52.5 Å². The summed E-state index contributed by atoms with van der Waals surface area (Å²) in [6.07, 6.45) is 3.50. The molecule has 3 aromatic carbocycles. The highest BCUT2D eigenvalue weighted by Crippen LogP contribution is 2.29. The number of hydrogen-bond acceptors (Lipinski definition) is 7. The summed E-state index contributed by atoms with van der Waals surface area (Å²) in [6.45, 7) is 1.61. The highest BCUT2D eigenvalue weighted by Gasteiger charge is 2.27. The molecule has 0 spiro atoms. The molecule has 0 atom stereocenters. The van der Waals surface area contributed by atoms with Crippen molar-refractivity contribution in [2.45, 2.75) is 42.3 Å². The van der Waals surface area contributed by atoms with E-state index in [-0.39, 0.29) is 23.1 Å². The van der Waals surface area contributed by atoms with E-state index in [1.807, 2.05) is 24.3 Å². The monoisotopic (exact) mass is 634 g/mol. The molecule has 13 heteroatoms. The summed E-state index contributed by atoms with van der Waals surface area (Å²) in [7, 11) is -3.60. The second-order valence-electron chi connectivity index (χ2n) is 10.6. The zero-order valence-electron chi connectivity index (χ0n) is 23.9. The van der Waals surface area contributed by atoms with E-state index in [4.69, 9.17) is 0 Å². The highest BCUT2D eigenvalue weighted by atomic mass is 32.2. The molecule has 2 aliphatic rings. The summed E-state index contributed by atoms with van der Waals surface area (Å²) in [5, 5.41) is 11.8. The molecular weight excluding hydrogens is 604 g/mol. The van der Waals surface area contributed by atoms with Gasteiger partial charge in [0.05, 0.1) is 17.2 Å². The number of piperidine rings is 1. The molecule has 2 amide bonds. The highest BCUT2D eigenvalue weighted by molar-refractivity contribution is 7.99. The Morgan fingerprint density at radius 1 is 0.886 bits per heavy atom. The van der Waals surface area contributed by atoms with E-state index < -0.39 is 21.7 Å². The Labute approximate surface area is 259 Å². The third-order valence-electron chi connectivity index (χ3n) is 7.77. The van der Waals surface area contributed by atoms with Crippen molar-refractivity contribution >= 4 is 39.3 Å². The lowest BCUT2D eigenvalue weighted by atomic mass is 10.2. The van der Waals surface area contributed by atoms with Crippen LogP contribution in [-0.2, 0) is 27.8 Å². The third-order valence-corrected chi connectivity index (χ3v) is 10.6. The minimum Gasteiger partial charge on any atom is -0.345 e. The third kappa shape index (κ3) is 6.26. The number of benzene rings is 3. The first kappa shape index (κ1) is 30.0. The molecule has 3 heterocycles. The average Bonchev–Trinajstić information content (AvgIpc) is 3.68. The first-order valence-corrected chi connectivity index (χ1v) is 16.8. The lowest BCUT2D eigenvalue weighted by Gasteiger charge is -2.25. The summed E-state index contributed by atoms with van der Waals surface area (Å²) >= 11 is 1.21. The van der Waals surface area contributed by atoms with Gasteiger partial charge in [-0.25, -0.2) is 12.8 Å². The Balaban J connectivity index is 1.15. The van der Waals surface area contributed by atoms with Crippen LogP contribution in [0.2, 0.25) is 0 Å². The van der Waals surface area contributed by atoms with Crippen LogP contribution in [0.25, 0.3) is 5.69 Å². The van der Waals surface area contributed by atoms with Crippen LogP contribution in [0.15, 0.2) is 82.8 Å². The van der Waals surface area contributed by atoms with E-state index in [2.05, 4.69) is 15.5 Å². The maximum atomic E-state index is 13.7. The fourth-order valence-corrected chi connectivity index (χ4v) is 7.82. The number of carbonyl (C=O) groups is 2. The first-order chi connectivity index (χ1) is 21.3. The average molecular weight is 635 g/mol. The van der Waals surface area contributed by atoms with Crippen molar-refractivity contribution in [2.75, 3.05) is 30.3 Å². The second-order valence-corrected chi connectivity index (χ2v) is 13.5. The number of thioether (sulfide) groups is 1. The standard InChI is InChI=1S/C31H31FN6O4S2/c32-24-10-12-25(13-11-24)38-28(34-35-31(38)43-21-29(39)37-19-16-22-6-2-3-7-27(22)37)20-33-30(40)23-8-14-26(15-9-23)44(41,42)36-17-4-1-5-18-36/h2-3,6-15H,1,4-5,16-21H2,(H,33,40). The molecule has 0 aliphatic carbocycles. The van der Waals surface area contributed by atoms with Gasteiger partial charge in [0.15, 0.2) is 11.0 Å². The molecule has 228 valence electrons. The Bertz CT molecular complexity index is 1770. The van der Waals surface area contributed by atoms with Gasteiger partial charge in [-0.2, -0.15) is 4.31 Å². The van der Waals surface area contributed by atoms with Crippen molar-refractivity contribution in [1.82, 2.24) is 24.4 Å². The quantitative estimate of drug-likeness (QED) is 0.275. The van der Waals surface area contributed by atoms with Gasteiger partial charge < -0.3 is 10.2 Å². The number of fused-ring (bicyclic) bond motifs is 1. The molecule has 2 aliphatic heterocycles. The van der Waals surface area contributed by atoms with Gasteiger partial charge in [-0.1, -0.05) is 36.4 Å². The van der Waals surface area contributed by atoms with Gasteiger partial charge in [0, 0.05) is 36.6 Å². The van der Waals surface area contributed by atoms with Crippen molar-refractivity contribution in [1.29, 1.82) is 0 Å². The number of amides is 2. The molecule has 0 saturated carbocycles. The van der Waals surface area contributed by atoms with Crippen molar-refractivity contribution in [3.05, 3.63) is 95.6 Å². The van der Waals surface area contributed by atoms with Gasteiger partial charge in [0.1, 0.15) is 5.82 Å². The van der Waals surface area contributed by atoms with Gasteiger partial charge in [-0.05, 0) is 79.4 Å². The number of rotatable bonds is 9. The summed E-state index contributed by atoms with van der Waals surface area (Å²) in [5.74, 6) is -0.380. The van der Waals surface area contributed by atoms with Crippen molar-refractivity contribution in [3.63, 3.8) is 0 Å². The zero-order chi connectivity index (χ0) is 30.7. The molecule has 0 radical (unpaired) electrons. The minimum absolute atomic E-state index is 0.00888. The van der Waals surface area contributed by atoms with E-state index in [0.29, 0.717) is 41.9 Å². The number of hydrogen-bond donors (Lipinski definition) is 1. The largest absolute Gasteiger partial charge is 0.345 e. The van der Waals surface area contributed by atoms with Gasteiger partial charge in [0.25, 0.3) is 5.91 Å². The van der Waals surface area contributed by atoms with Crippen molar-refractivity contribution in [3.8, 4) is 5.69 Å². The molecule has 1 N–H and O–H groups in total. The number of nitrogens with one attached hydrogen (secondary N) is 1. The molecule has 6 rings (SSSR count). The van der Waals surface area contributed by atoms with Crippen LogP contribution in [0, 0.1) is 5.82 Å². The molecule has 1 aromatic heterocycles. The predicted molar refractivity (Wildman–Crippen MR) is 165 cm³/mol. The van der Waals surface area contributed by atoms with Crippen LogP contribution in [0.3, 0.4) is 0 Å². The van der Waals surface area contributed by atoms with Gasteiger partial charge in [-0.15, -0.1) is 10.2 Å². The van der Waals surface area contributed by atoms with Crippen molar-refractivity contribution < 1.29 is 22.4 Å². The predicted octanol–water partition coefficient (Wildman–Crippen LogP) is 4.19. The SMILES string of the molecule is O=C(NCc1nnc(SCC(=O)N2CCc3ccccc32)n1-c1ccc(F)cc1)c1ccc(S(=O)(=O)N2CCCCC2)cc1. The molecule has 0 unspecified atom stereocenters. The molecule has 0 bridgehead atoms. The summed E-state index contributed by atoms with van der Waals surface area (Å²) in [6, 6.07) is 19.5. The first-order valence-electron chi connectivity index (χ1n) is 14.4. The van der Waals surface area contributed by atoms with Crippen LogP contribution >= 0.6 is 11.8 Å². The van der Waals surface area contributed by atoms with Crippen LogP contribution in [0.4, 0.5) is 10.1 Å². The lowest BCUT2D eigenvalue weighted by molar-refractivity contribution is -0.116. The van der Waals surface area contributed by atoms with E-state index in [9.17, 15) is 22.4 Å². The maximum absolute atomic E-state index is 13.7. The summed E-state index contributed by atoms with van der Waals surface area (Å²) < 4.78 is 42.8. The fraction of sp³-hybridized carbons (Fsp3) is 0.290. The van der Waals surface area contributed by atoms with E-state index in [1.54, 1.807) is 21.6 Å². The lowest BCUT2D eigenvalue weighted by Crippen LogP contribution is -2.35. The summed E-state index contributed by atoms with van der Waals surface area (Å²) in [5.41, 5.74) is 2.92. The number of para-hydroxylation sites is 1. The van der Waals surface area contributed by atoms with Crippen LogP contribution < -0.4 is 10.2 Å². The number of sulfonamides is 1. The van der Waals surface area contributed by atoms with Crippen LogP contribution in [0.1, 0.15) is 41.0 Å². The molecule has 44 heavy (non-hydrogen) atoms. The normalized spacial score (nSPS) is 15.2.